The second kappa shape index (κ2) is 14.5. The SMILES string of the molecule is CCCCOCCOc1ccc(-c2ccc(N3CCCCCC3)c(/C=C/C(=O)OCC)c2)cc1. The van der Waals surface area contributed by atoms with Gasteiger partial charge in [0.1, 0.15) is 12.4 Å². The number of esters is 1. The number of ether oxygens (including phenoxy) is 3. The molecule has 0 aliphatic carbocycles. The van der Waals surface area contributed by atoms with Crippen LogP contribution < -0.4 is 9.64 Å². The molecule has 0 atom stereocenters. The average molecular weight is 466 g/mol. The molecule has 5 heteroatoms. The molecular formula is C29H39NO4. The van der Waals surface area contributed by atoms with Crippen molar-refractivity contribution in [3.05, 3.63) is 54.1 Å². The van der Waals surface area contributed by atoms with Crippen molar-refractivity contribution in [2.75, 3.05) is 44.4 Å². The van der Waals surface area contributed by atoms with Gasteiger partial charge in [-0.1, -0.05) is 44.4 Å². The molecule has 0 aromatic heterocycles. The maximum atomic E-state index is 12.0. The molecule has 0 unspecified atom stereocenters. The molecule has 0 N–H and O–H groups in total. The number of carbonyl (C=O) groups is 1. The predicted molar refractivity (Wildman–Crippen MR) is 139 cm³/mol. The van der Waals surface area contributed by atoms with Crippen molar-refractivity contribution in [2.45, 2.75) is 52.4 Å². The van der Waals surface area contributed by atoms with E-state index >= 15 is 0 Å². The first kappa shape index (κ1) is 25.8. The van der Waals surface area contributed by atoms with Crippen LogP contribution >= 0.6 is 0 Å². The highest BCUT2D eigenvalue weighted by Crippen LogP contribution is 2.31. The molecule has 5 nitrogen and oxygen atoms in total. The number of hydrogen-bond acceptors (Lipinski definition) is 5. The lowest BCUT2D eigenvalue weighted by Crippen LogP contribution is -2.24. The first-order chi connectivity index (χ1) is 16.7. The molecule has 0 radical (unpaired) electrons. The summed E-state index contributed by atoms with van der Waals surface area (Å²) < 4.78 is 16.5. The first-order valence-corrected chi connectivity index (χ1v) is 12.8. The van der Waals surface area contributed by atoms with Gasteiger partial charge in [-0.2, -0.15) is 0 Å². The summed E-state index contributed by atoms with van der Waals surface area (Å²) in [5, 5.41) is 0. The fourth-order valence-corrected chi connectivity index (χ4v) is 4.13. The van der Waals surface area contributed by atoms with Crippen molar-refractivity contribution in [2.24, 2.45) is 0 Å². The monoisotopic (exact) mass is 465 g/mol. The van der Waals surface area contributed by atoms with Crippen molar-refractivity contribution in [3.63, 3.8) is 0 Å². The van der Waals surface area contributed by atoms with Gasteiger partial charge in [0.05, 0.1) is 13.2 Å². The molecule has 184 valence electrons. The van der Waals surface area contributed by atoms with E-state index in [1.807, 2.05) is 25.1 Å². The maximum absolute atomic E-state index is 12.0. The van der Waals surface area contributed by atoms with E-state index in [9.17, 15) is 4.79 Å². The number of rotatable bonds is 12. The van der Waals surface area contributed by atoms with Crippen molar-refractivity contribution in [3.8, 4) is 16.9 Å². The molecule has 34 heavy (non-hydrogen) atoms. The number of nitrogens with zero attached hydrogens (tertiary/aromatic N) is 1. The van der Waals surface area contributed by atoms with E-state index in [2.05, 4.69) is 42.2 Å². The van der Waals surface area contributed by atoms with Crippen molar-refractivity contribution in [1.82, 2.24) is 0 Å². The van der Waals surface area contributed by atoms with Crippen LogP contribution in [0.25, 0.3) is 17.2 Å². The van der Waals surface area contributed by atoms with Gasteiger partial charge >= 0.3 is 5.97 Å². The normalized spacial score (nSPS) is 14.2. The van der Waals surface area contributed by atoms with E-state index < -0.39 is 0 Å². The summed E-state index contributed by atoms with van der Waals surface area (Å²) in [6.07, 6.45) is 10.6. The third-order valence-corrected chi connectivity index (χ3v) is 5.99. The molecule has 1 aliphatic rings. The molecule has 1 saturated heterocycles. The predicted octanol–water partition coefficient (Wildman–Crippen LogP) is 6.51. The zero-order valence-electron chi connectivity index (χ0n) is 20.8. The van der Waals surface area contributed by atoms with Gasteiger partial charge in [-0.15, -0.1) is 0 Å². The van der Waals surface area contributed by atoms with Gasteiger partial charge in [0.15, 0.2) is 0 Å². The topological polar surface area (TPSA) is 48.0 Å². The van der Waals surface area contributed by atoms with E-state index in [4.69, 9.17) is 14.2 Å². The molecule has 0 amide bonds. The van der Waals surface area contributed by atoms with Crippen LogP contribution in [0.15, 0.2) is 48.5 Å². The third kappa shape index (κ3) is 8.21. The number of carbonyl (C=O) groups excluding carboxylic acids is 1. The Morgan fingerprint density at radius 2 is 1.65 bits per heavy atom. The minimum Gasteiger partial charge on any atom is -0.491 e. The summed E-state index contributed by atoms with van der Waals surface area (Å²) in [5.41, 5.74) is 4.43. The Bertz CT molecular complexity index is 899. The summed E-state index contributed by atoms with van der Waals surface area (Å²) in [6, 6.07) is 14.7. The standard InChI is InChI=1S/C29H39NO4/c1-3-5-20-32-21-22-34-27-14-10-24(11-15-27)25-12-16-28(30-18-8-6-7-9-19-30)26(23-25)13-17-29(31)33-4-2/h10-17,23H,3-9,18-22H2,1-2H3/b17-13+. The average Bonchev–Trinajstić information content (AvgIpc) is 3.15. The minimum atomic E-state index is -0.310. The van der Waals surface area contributed by atoms with Crippen molar-refractivity contribution < 1.29 is 19.0 Å². The summed E-state index contributed by atoms with van der Waals surface area (Å²) in [7, 11) is 0. The maximum Gasteiger partial charge on any atom is 0.330 e. The van der Waals surface area contributed by atoms with Crippen LogP contribution in [-0.4, -0.2) is 45.5 Å². The van der Waals surface area contributed by atoms with Gasteiger partial charge < -0.3 is 19.1 Å². The van der Waals surface area contributed by atoms with Crippen LogP contribution in [0.2, 0.25) is 0 Å². The van der Waals surface area contributed by atoms with Gasteiger partial charge in [-0.05, 0) is 73.2 Å². The molecule has 1 heterocycles. The van der Waals surface area contributed by atoms with Crippen LogP contribution in [0, 0.1) is 0 Å². The number of hydrogen-bond donors (Lipinski definition) is 0. The van der Waals surface area contributed by atoms with Gasteiger partial charge in [0, 0.05) is 31.5 Å². The van der Waals surface area contributed by atoms with E-state index in [0.717, 1.165) is 55.0 Å². The highest BCUT2D eigenvalue weighted by atomic mass is 16.5. The van der Waals surface area contributed by atoms with Gasteiger partial charge in [0.2, 0.25) is 0 Å². The molecule has 2 aromatic rings. The zero-order valence-corrected chi connectivity index (χ0v) is 20.8. The second-order valence-electron chi connectivity index (χ2n) is 8.60. The Kier molecular flexibility index (Phi) is 11.0. The second-order valence-corrected chi connectivity index (χ2v) is 8.60. The molecule has 1 fully saturated rings. The lowest BCUT2D eigenvalue weighted by Gasteiger charge is -2.25. The summed E-state index contributed by atoms with van der Waals surface area (Å²) >= 11 is 0. The molecule has 3 rings (SSSR count). The van der Waals surface area contributed by atoms with Gasteiger partial charge in [-0.25, -0.2) is 4.79 Å². The zero-order chi connectivity index (χ0) is 24.0. The van der Waals surface area contributed by atoms with E-state index in [0.29, 0.717) is 19.8 Å². The fraction of sp³-hybridized carbons (Fsp3) is 0.483. The molecule has 0 spiro atoms. The lowest BCUT2D eigenvalue weighted by atomic mass is 10.0. The van der Waals surface area contributed by atoms with E-state index in [1.165, 1.54) is 37.4 Å². The fourth-order valence-electron chi connectivity index (χ4n) is 4.13. The number of anilines is 1. The van der Waals surface area contributed by atoms with Crippen LogP contribution in [0.4, 0.5) is 5.69 Å². The third-order valence-electron chi connectivity index (χ3n) is 5.99. The van der Waals surface area contributed by atoms with Gasteiger partial charge in [0.25, 0.3) is 0 Å². The lowest BCUT2D eigenvalue weighted by molar-refractivity contribution is -0.137. The smallest absolute Gasteiger partial charge is 0.330 e. The Morgan fingerprint density at radius 1 is 0.912 bits per heavy atom. The number of unbranched alkanes of at least 4 members (excludes halogenated alkanes) is 1. The van der Waals surface area contributed by atoms with Crippen LogP contribution in [0.1, 0.15) is 57.9 Å². The van der Waals surface area contributed by atoms with E-state index in [-0.39, 0.29) is 5.97 Å². The Labute approximate surface area is 204 Å². The van der Waals surface area contributed by atoms with Crippen LogP contribution in [0.3, 0.4) is 0 Å². The highest BCUT2D eigenvalue weighted by molar-refractivity contribution is 5.89. The van der Waals surface area contributed by atoms with Gasteiger partial charge in [-0.3, -0.25) is 0 Å². The Morgan fingerprint density at radius 3 is 2.35 bits per heavy atom. The van der Waals surface area contributed by atoms with Crippen molar-refractivity contribution in [1.29, 1.82) is 0 Å². The number of benzene rings is 2. The Hall–Kier alpha value is -2.79. The summed E-state index contributed by atoms with van der Waals surface area (Å²) in [5.74, 6) is 0.529. The van der Waals surface area contributed by atoms with Crippen LogP contribution in [0.5, 0.6) is 5.75 Å². The largest absolute Gasteiger partial charge is 0.491 e. The summed E-state index contributed by atoms with van der Waals surface area (Å²) in [6.45, 7) is 8.40. The molecule has 2 aromatic carbocycles. The first-order valence-electron chi connectivity index (χ1n) is 12.8. The molecule has 1 aliphatic heterocycles. The van der Waals surface area contributed by atoms with Crippen LogP contribution in [-0.2, 0) is 14.3 Å². The molecule has 0 saturated carbocycles. The van der Waals surface area contributed by atoms with E-state index in [1.54, 1.807) is 0 Å². The minimum absolute atomic E-state index is 0.310. The summed E-state index contributed by atoms with van der Waals surface area (Å²) in [4.78, 5) is 14.4. The molecule has 0 bridgehead atoms. The highest BCUT2D eigenvalue weighted by Gasteiger charge is 2.14. The van der Waals surface area contributed by atoms with Crippen molar-refractivity contribution >= 4 is 17.7 Å². The molecular weight excluding hydrogens is 426 g/mol. The Balaban J connectivity index is 1.73. The quantitative estimate of drug-likeness (QED) is 0.203.